The van der Waals surface area contributed by atoms with Gasteiger partial charge in [-0.3, -0.25) is 4.79 Å². The monoisotopic (exact) mass is 342 g/mol. The first-order valence-corrected chi connectivity index (χ1v) is 7.44. The Morgan fingerprint density at radius 1 is 1.04 bits per heavy atom. The highest BCUT2D eigenvalue weighted by Gasteiger charge is 2.05. The summed E-state index contributed by atoms with van der Waals surface area (Å²) in [5.41, 5.74) is 3.60. The molecule has 2 aromatic carbocycles. The van der Waals surface area contributed by atoms with E-state index in [0.717, 1.165) is 5.56 Å². The van der Waals surface area contributed by atoms with E-state index in [-0.39, 0.29) is 11.7 Å². The molecule has 0 fully saturated rings. The second-order valence-corrected chi connectivity index (χ2v) is 5.35. The van der Waals surface area contributed by atoms with E-state index in [4.69, 9.17) is 16.0 Å². The number of halogens is 2. The zero-order chi connectivity index (χ0) is 16.9. The van der Waals surface area contributed by atoms with Crippen molar-refractivity contribution in [2.24, 2.45) is 5.10 Å². The molecule has 0 atom stereocenters. The standard InChI is InChI=1S/C18H12ClFN2O2/c19-14-5-1-13(2-6-14)18(23)22-21-11-16-9-10-17(24-16)12-3-7-15(20)8-4-12/h1-11H,(H,22,23)/b21-11-. The van der Waals surface area contributed by atoms with Gasteiger partial charge < -0.3 is 4.42 Å². The van der Waals surface area contributed by atoms with Crippen molar-refractivity contribution in [3.8, 4) is 11.3 Å². The lowest BCUT2D eigenvalue weighted by atomic mass is 10.2. The number of nitrogens with one attached hydrogen (secondary N) is 1. The van der Waals surface area contributed by atoms with Gasteiger partial charge in [0.25, 0.3) is 5.91 Å². The van der Waals surface area contributed by atoms with Crippen molar-refractivity contribution < 1.29 is 13.6 Å². The Morgan fingerprint density at radius 2 is 1.75 bits per heavy atom. The van der Waals surface area contributed by atoms with Crippen LogP contribution in [0.25, 0.3) is 11.3 Å². The molecule has 6 heteroatoms. The molecular formula is C18H12ClFN2O2. The van der Waals surface area contributed by atoms with Crippen molar-refractivity contribution in [2.75, 3.05) is 0 Å². The number of nitrogens with zero attached hydrogens (tertiary/aromatic N) is 1. The summed E-state index contributed by atoms with van der Waals surface area (Å²) in [6, 6.07) is 15.9. The number of amides is 1. The van der Waals surface area contributed by atoms with Gasteiger partial charge in [0.1, 0.15) is 17.3 Å². The van der Waals surface area contributed by atoms with Crippen LogP contribution >= 0.6 is 11.6 Å². The van der Waals surface area contributed by atoms with E-state index in [1.54, 1.807) is 48.5 Å². The second-order valence-electron chi connectivity index (χ2n) is 4.91. The van der Waals surface area contributed by atoms with Crippen LogP contribution in [0.2, 0.25) is 5.02 Å². The molecule has 0 saturated carbocycles. The van der Waals surface area contributed by atoms with Crippen molar-refractivity contribution in [1.82, 2.24) is 5.43 Å². The van der Waals surface area contributed by atoms with E-state index in [2.05, 4.69) is 10.5 Å². The molecule has 0 aliphatic rings. The summed E-state index contributed by atoms with van der Waals surface area (Å²) in [4.78, 5) is 11.9. The average molecular weight is 343 g/mol. The summed E-state index contributed by atoms with van der Waals surface area (Å²) < 4.78 is 18.5. The van der Waals surface area contributed by atoms with Gasteiger partial charge in [-0.15, -0.1) is 0 Å². The van der Waals surface area contributed by atoms with Crippen molar-refractivity contribution in [2.45, 2.75) is 0 Å². The highest BCUT2D eigenvalue weighted by Crippen LogP contribution is 2.21. The van der Waals surface area contributed by atoms with Crippen LogP contribution in [0, 0.1) is 5.82 Å². The number of furan rings is 1. The van der Waals surface area contributed by atoms with Gasteiger partial charge in [0.05, 0.1) is 6.21 Å². The van der Waals surface area contributed by atoms with E-state index in [9.17, 15) is 9.18 Å². The number of hydrazone groups is 1. The lowest BCUT2D eigenvalue weighted by molar-refractivity contribution is 0.0955. The second kappa shape index (κ2) is 7.10. The van der Waals surface area contributed by atoms with Gasteiger partial charge in [0.15, 0.2) is 0 Å². The van der Waals surface area contributed by atoms with Crippen molar-refractivity contribution in [3.05, 3.63) is 82.8 Å². The minimum absolute atomic E-state index is 0.308. The van der Waals surface area contributed by atoms with Gasteiger partial charge in [0.2, 0.25) is 0 Å². The summed E-state index contributed by atoms with van der Waals surface area (Å²) in [6.45, 7) is 0. The summed E-state index contributed by atoms with van der Waals surface area (Å²) in [7, 11) is 0. The van der Waals surface area contributed by atoms with E-state index in [0.29, 0.717) is 22.1 Å². The molecule has 1 heterocycles. The third-order valence-corrected chi connectivity index (χ3v) is 3.47. The van der Waals surface area contributed by atoms with E-state index in [1.807, 2.05) is 0 Å². The molecule has 1 aromatic heterocycles. The Labute approximate surface area is 142 Å². The third kappa shape index (κ3) is 3.88. The summed E-state index contributed by atoms with van der Waals surface area (Å²) in [6.07, 6.45) is 1.39. The highest BCUT2D eigenvalue weighted by molar-refractivity contribution is 6.30. The van der Waals surface area contributed by atoms with Crippen LogP contribution in [0.1, 0.15) is 16.1 Å². The first-order chi connectivity index (χ1) is 11.6. The molecule has 0 radical (unpaired) electrons. The SMILES string of the molecule is O=C(N/N=C\c1ccc(-c2ccc(F)cc2)o1)c1ccc(Cl)cc1. The maximum atomic E-state index is 12.9. The number of rotatable bonds is 4. The molecule has 24 heavy (non-hydrogen) atoms. The maximum absolute atomic E-state index is 12.9. The molecule has 0 bridgehead atoms. The number of hydrogen-bond acceptors (Lipinski definition) is 3. The predicted octanol–water partition coefficient (Wildman–Crippen LogP) is 4.50. The number of carbonyl (C=O) groups excluding carboxylic acids is 1. The molecule has 0 aliphatic heterocycles. The van der Waals surface area contributed by atoms with E-state index < -0.39 is 0 Å². The van der Waals surface area contributed by atoms with Gasteiger partial charge in [-0.25, -0.2) is 9.82 Å². The minimum Gasteiger partial charge on any atom is -0.455 e. The van der Waals surface area contributed by atoms with Crippen molar-refractivity contribution >= 4 is 23.7 Å². The largest absolute Gasteiger partial charge is 0.455 e. The minimum atomic E-state index is -0.353. The van der Waals surface area contributed by atoms with E-state index >= 15 is 0 Å². The summed E-state index contributed by atoms with van der Waals surface area (Å²) in [5, 5.41) is 4.40. The fourth-order valence-electron chi connectivity index (χ4n) is 2.01. The Kier molecular flexibility index (Phi) is 4.72. The molecule has 0 unspecified atom stereocenters. The van der Waals surface area contributed by atoms with Gasteiger partial charge in [0, 0.05) is 16.1 Å². The molecule has 1 amide bonds. The lowest BCUT2D eigenvalue weighted by Crippen LogP contribution is -2.17. The first-order valence-electron chi connectivity index (χ1n) is 7.06. The molecule has 3 rings (SSSR count). The fraction of sp³-hybridized carbons (Fsp3) is 0. The summed E-state index contributed by atoms with van der Waals surface area (Å²) >= 11 is 5.77. The van der Waals surface area contributed by atoms with Gasteiger partial charge in [-0.05, 0) is 60.7 Å². The lowest BCUT2D eigenvalue weighted by Gasteiger charge is -1.99. The molecule has 0 aliphatic carbocycles. The van der Waals surface area contributed by atoms with Crippen LogP contribution in [-0.4, -0.2) is 12.1 Å². The molecule has 3 aromatic rings. The Bertz CT molecular complexity index is 871. The van der Waals surface area contributed by atoms with Gasteiger partial charge >= 0.3 is 0 Å². The van der Waals surface area contributed by atoms with Crippen LogP contribution < -0.4 is 5.43 Å². The molecule has 0 saturated heterocycles. The van der Waals surface area contributed by atoms with Crippen molar-refractivity contribution in [3.63, 3.8) is 0 Å². The smallest absolute Gasteiger partial charge is 0.271 e. The third-order valence-electron chi connectivity index (χ3n) is 3.22. The topological polar surface area (TPSA) is 54.6 Å². The zero-order valence-electron chi connectivity index (χ0n) is 12.4. The highest BCUT2D eigenvalue weighted by atomic mass is 35.5. The van der Waals surface area contributed by atoms with Crippen LogP contribution in [-0.2, 0) is 0 Å². The van der Waals surface area contributed by atoms with Crippen LogP contribution in [0.5, 0.6) is 0 Å². The number of hydrogen-bond donors (Lipinski definition) is 1. The Hall–Kier alpha value is -2.92. The van der Waals surface area contributed by atoms with Crippen molar-refractivity contribution in [1.29, 1.82) is 0 Å². The fourth-order valence-corrected chi connectivity index (χ4v) is 2.14. The normalized spacial score (nSPS) is 10.9. The van der Waals surface area contributed by atoms with Gasteiger partial charge in [-0.1, -0.05) is 11.6 Å². The predicted molar refractivity (Wildman–Crippen MR) is 90.6 cm³/mol. The molecule has 120 valence electrons. The quantitative estimate of drug-likeness (QED) is 0.560. The zero-order valence-corrected chi connectivity index (χ0v) is 13.1. The Balaban J connectivity index is 1.64. The first kappa shape index (κ1) is 16.0. The van der Waals surface area contributed by atoms with Gasteiger partial charge in [-0.2, -0.15) is 5.10 Å². The molecular weight excluding hydrogens is 331 g/mol. The van der Waals surface area contributed by atoms with Crippen LogP contribution in [0.4, 0.5) is 4.39 Å². The molecule has 1 N–H and O–H groups in total. The Morgan fingerprint density at radius 3 is 2.46 bits per heavy atom. The van der Waals surface area contributed by atoms with Crippen LogP contribution in [0.3, 0.4) is 0 Å². The number of benzene rings is 2. The maximum Gasteiger partial charge on any atom is 0.271 e. The molecule has 4 nitrogen and oxygen atoms in total. The summed E-state index contributed by atoms with van der Waals surface area (Å²) in [5.74, 6) is 0.386. The van der Waals surface area contributed by atoms with Crippen LogP contribution in [0.15, 0.2) is 70.2 Å². The average Bonchev–Trinajstić information content (AvgIpc) is 3.05. The van der Waals surface area contributed by atoms with E-state index in [1.165, 1.54) is 18.3 Å². The molecule has 0 spiro atoms. The number of carbonyl (C=O) groups is 1.